The second-order valence-electron chi connectivity index (χ2n) is 5.40. The van der Waals surface area contributed by atoms with Crippen molar-refractivity contribution in [3.8, 4) is 11.5 Å². The number of methoxy groups -OCH3 is 1. The molecule has 1 heterocycles. The Morgan fingerprint density at radius 3 is 2.25 bits per heavy atom. The zero-order valence-corrected chi connectivity index (χ0v) is 19.5. The van der Waals surface area contributed by atoms with Crippen LogP contribution in [0.2, 0.25) is 0 Å². The number of benzene rings is 1. The van der Waals surface area contributed by atoms with Gasteiger partial charge in [0.15, 0.2) is 11.5 Å². The molecule has 2 rings (SSSR count). The summed E-state index contributed by atoms with van der Waals surface area (Å²) in [6.07, 6.45) is -6.96. The third-order valence-electron chi connectivity index (χ3n) is 3.64. The van der Waals surface area contributed by atoms with Gasteiger partial charge in [0.2, 0.25) is 6.29 Å². The van der Waals surface area contributed by atoms with Gasteiger partial charge in [0, 0.05) is 0 Å². The first-order chi connectivity index (χ1) is 12.2. The third-order valence-corrected chi connectivity index (χ3v) is 3.64. The molecule has 28 heavy (non-hydrogen) atoms. The third kappa shape index (κ3) is 6.70. The first-order valence-electron chi connectivity index (χ1n) is 7.39. The molecule has 0 amide bonds. The van der Waals surface area contributed by atoms with Crippen LogP contribution in [0.3, 0.4) is 0 Å². The largest absolute Gasteiger partial charge is 1.00 e. The van der Waals surface area contributed by atoms with Crippen LogP contribution in [-0.2, 0) is 14.3 Å². The molecule has 0 unspecified atom stereocenters. The maximum Gasteiger partial charge on any atom is 1.00 e. The van der Waals surface area contributed by atoms with Gasteiger partial charge >= 0.3 is 59.1 Å². The van der Waals surface area contributed by atoms with E-state index in [2.05, 4.69) is 0 Å². The van der Waals surface area contributed by atoms with Crippen molar-refractivity contribution in [2.75, 3.05) is 7.11 Å². The summed E-state index contributed by atoms with van der Waals surface area (Å²) in [6.45, 7) is 0. The summed E-state index contributed by atoms with van der Waals surface area (Å²) < 4.78 is 15.4. The van der Waals surface area contributed by atoms with E-state index in [-0.39, 0.29) is 70.6 Å². The molecule has 1 saturated heterocycles. The number of rotatable bonds is 6. The predicted molar refractivity (Wildman–Crippen MR) is 79.4 cm³/mol. The van der Waals surface area contributed by atoms with Crippen molar-refractivity contribution in [3.63, 3.8) is 0 Å². The van der Waals surface area contributed by atoms with E-state index in [1.54, 1.807) is 0 Å². The predicted octanol–water partition coefficient (Wildman–Crippen LogP) is -9.60. The molecular weight excluding hydrogens is 398 g/mol. The van der Waals surface area contributed by atoms with E-state index < -0.39 is 42.6 Å². The molecule has 0 aromatic heterocycles. The van der Waals surface area contributed by atoms with E-state index in [0.717, 1.165) is 6.08 Å². The monoisotopic (exact) mass is 414 g/mol. The van der Waals surface area contributed by atoms with E-state index >= 15 is 0 Å². The van der Waals surface area contributed by atoms with Crippen LogP contribution >= 0.6 is 0 Å². The molecule has 1 aromatic carbocycles. The van der Waals surface area contributed by atoms with Gasteiger partial charge in [-0.05, 0) is 23.8 Å². The molecule has 0 saturated carbocycles. The summed E-state index contributed by atoms with van der Waals surface area (Å²) in [7, 11) is 1.30. The minimum Gasteiger partial charge on any atom is -0.547 e. The van der Waals surface area contributed by atoms with Gasteiger partial charge in [-0.3, -0.25) is 0 Å². The van der Waals surface area contributed by atoms with E-state index in [1.165, 1.54) is 31.4 Å². The number of aliphatic carboxylic acids is 2. The molecule has 0 spiro atoms. The Morgan fingerprint density at radius 2 is 1.71 bits per heavy atom. The van der Waals surface area contributed by atoms with Gasteiger partial charge in [-0.2, -0.15) is 0 Å². The number of carboxylic acid groups (broad SMARTS) is 2. The van der Waals surface area contributed by atoms with E-state index in [0.29, 0.717) is 5.56 Å². The molecule has 1 fully saturated rings. The maximum atomic E-state index is 11.0. The minimum atomic E-state index is -1.91. The average Bonchev–Trinajstić information content (AvgIpc) is 2.60. The number of aliphatic hydroxyl groups excluding tert-OH is 3. The van der Waals surface area contributed by atoms with Crippen LogP contribution in [0.25, 0.3) is 6.08 Å². The van der Waals surface area contributed by atoms with Crippen molar-refractivity contribution in [2.24, 2.45) is 0 Å². The summed E-state index contributed by atoms with van der Waals surface area (Å²) in [4.78, 5) is 21.4. The number of carbonyl (C=O) groups is 2. The molecule has 1 aliphatic rings. The quantitative estimate of drug-likeness (QED) is 0.300. The fraction of sp³-hybridized carbons (Fsp3) is 0.375. The van der Waals surface area contributed by atoms with Gasteiger partial charge in [-0.15, -0.1) is 0 Å². The number of ether oxygens (including phenoxy) is 3. The van der Waals surface area contributed by atoms with Crippen molar-refractivity contribution in [1.29, 1.82) is 0 Å². The zero-order valence-electron chi connectivity index (χ0n) is 15.5. The summed E-state index contributed by atoms with van der Waals surface area (Å²) in [6, 6.07) is 4.22. The summed E-state index contributed by atoms with van der Waals surface area (Å²) >= 11 is 0. The fourth-order valence-corrected chi connectivity index (χ4v) is 2.31. The van der Waals surface area contributed by atoms with Gasteiger partial charge in [0.1, 0.15) is 24.4 Å². The van der Waals surface area contributed by atoms with Crippen LogP contribution in [0.5, 0.6) is 11.5 Å². The Balaban J connectivity index is 0.00000364. The SMILES string of the molecule is COc1cc(/C=C/C(=O)[O-])ccc1O[C@@H]1O[C@H](C(=O)[O-])[C@@H](O)[C@H](O)[C@H]1O.[Na+].[Na+]. The van der Waals surface area contributed by atoms with Gasteiger partial charge < -0.3 is 49.3 Å². The van der Waals surface area contributed by atoms with Crippen LogP contribution < -0.4 is 78.8 Å². The first-order valence-corrected chi connectivity index (χ1v) is 7.39. The minimum absolute atomic E-state index is 0. The molecule has 0 aliphatic carbocycles. The van der Waals surface area contributed by atoms with Gasteiger partial charge in [-0.25, -0.2) is 0 Å². The number of hydrogen-bond acceptors (Lipinski definition) is 10. The smallest absolute Gasteiger partial charge is 0.547 e. The number of hydrogen-bond donors (Lipinski definition) is 3. The van der Waals surface area contributed by atoms with Crippen LogP contribution in [0, 0.1) is 0 Å². The number of carbonyl (C=O) groups excluding carboxylic acids is 2. The fourth-order valence-electron chi connectivity index (χ4n) is 2.31. The molecule has 5 atom stereocenters. The van der Waals surface area contributed by atoms with Crippen molar-refractivity contribution in [2.45, 2.75) is 30.7 Å². The summed E-state index contributed by atoms with van der Waals surface area (Å²) in [5, 5.41) is 50.7. The molecule has 0 bridgehead atoms. The summed E-state index contributed by atoms with van der Waals surface area (Å²) in [5.74, 6) is -3.04. The molecule has 3 N–H and O–H groups in total. The van der Waals surface area contributed by atoms with Gasteiger partial charge in [-0.1, -0.05) is 12.1 Å². The van der Waals surface area contributed by atoms with E-state index in [4.69, 9.17) is 14.2 Å². The van der Waals surface area contributed by atoms with Crippen LogP contribution in [-0.4, -0.2) is 65.1 Å². The Bertz CT molecular complexity index is 711. The molecular formula is C16H16Na2O10. The molecule has 142 valence electrons. The zero-order chi connectivity index (χ0) is 19.4. The molecule has 0 radical (unpaired) electrons. The van der Waals surface area contributed by atoms with Crippen molar-refractivity contribution in [1.82, 2.24) is 0 Å². The van der Waals surface area contributed by atoms with E-state index in [9.17, 15) is 35.1 Å². The average molecular weight is 414 g/mol. The first kappa shape index (κ1) is 27.3. The topological polar surface area (TPSA) is 169 Å². The second kappa shape index (κ2) is 12.1. The van der Waals surface area contributed by atoms with Crippen LogP contribution in [0.15, 0.2) is 24.3 Å². The molecule has 12 heteroatoms. The maximum absolute atomic E-state index is 11.0. The molecule has 1 aliphatic heterocycles. The van der Waals surface area contributed by atoms with Crippen LogP contribution in [0.1, 0.15) is 5.56 Å². The molecule has 10 nitrogen and oxygen atoms in total. The van der Waals surface area contributed by atoms with Gasteiger partial charge in [0.05, 0.1) is 19.0 Å². The number of aliphatic hydroxyl groups is 3. The summed E-state index contributed by atoms with van der Waals surface area (Å²) in [5.41, 5.74) is 0.437. The van der Waals surface area contributed by atoms with Crippen LogP contribution in [0.4, 0.5) is 0 Å². The molecule has 1 aromatic rings. The van der Waals surface area contributed by atoms with Crippen molar-refractivity contribution in [3.05, 3.63) is 29.8 Å². The van der Waals surface area contributed by atoms with Gasteiger partial charge in [0.25, 0.3) is 0 Å². The standard InChI is InChI=1S/C16H18O10.2Na/c1-24-9-6-7(3-5-10(17)18)2-4-8(9)25-16-13(21)11(19)12(20)14(26-16)15(22)23;;/h2-6,11-14,16,19-21H,1H3,(H,17,18)(H,22,23);;/q;2*+1/p-2/b5-3+;;/t11-,12-,13+,14-,16+;;/m0../s1. The Hall–Kier alpha value is -0.660. The Morgan fingerprint density at radius 1 is 1.07 bits per heavy atom. The Labute approximate surface area is 204 Å². The normalized spacial score (nSPS) is 26.6. The number of carboxylic acids is 2. The van der Waals surface area contributed by atoms with Crippen molar-refractivity contribution >= 4 is 18.0 Å². The van der Waals surface area contributed by atoms with E-state index in [1.807, 2.05) is 0 Å². The van der Waals surface area contributed by atoms with Crippen molar-refractivity contribution < 1.29 is 108 Å². The Kier molecular flexibility index (Phi) is 11.8. The second-order valence-corrected chi connectivity index (χ2v) is 5.40.